The van der Waals surface area contributed by atoms with Gasteiger partial charge in [0.2, 0.25) is 0 Å². The number of rotatable bonds is 3. The SMILES string of the molecule is Cc1ccc(-c2nc(C)c(C(=O)NC3CCNC(C)C3)s2)o1. The Morgan fingerprint density at radius 1 is 1.45 bits per heavy atom. The molecule has 0 spiro atoms. The van der Waals surface area contributed by atoms with Crippen molar-refractivity contribution in [3.8, 4) is 10.8 Å². The smallest absolute Gasteiger partial charge is 0.263 e. The zero-order valence-electron chi connectivity index (χ0n) is 13.1. The Kier molecular flexibility index (Phi) is 4.31. The van der Waals surface area contributed by atoms with Crippen LogP contribution < -0.4 is 10.6 Å². The molecule has 2 aromatic heterocycles. The maximum absolute atomic E-state index is 12.5. The summed E-state index contributed by atoms with van der Waals surface area (Å²) in [6.45, 7) is 6.87. The first-order valence-electron chi connectivity index (χ1n) is 7.61. The van der Waals surface area contributed by atoms with Crippen LogP contribution in [0.3, 0.4) is 0 Å². The van der Waals surface area contributed by atoms with Crippen LogP contribution in [-0.4, -0.2) is 29.5 Å². The molecule has 1 amide bonds. The van der Waals surface area contributed by atoms with Crippen molar-refractivity contribution in [2.24, 2.45) is 0 Å². The molecule has 2 unspecified atom stereocenters. The zero-order valence-corrected chi connectivity index (χ0v) is 13.9. The molecule has 1 aliphatic rings. The molecule has 2 atom stereocenters. The van der Waals surface area contributed by atoms with Crippen molar-refractivity contribution in [1.82, 2.24) is 15.6 Å². The second-order valence-corrected chi connectivity index (χ2v) is 6.89. The molecule has 3 heterocycles. The van der Waals surface area contributed by atoms with E-state index < -0.39 is 0 Å². The van der Waals surface area contributed by atoms with Crippen LogP contribution >= 0.6 is 11.3 Å². The van der Waals surface area contributed by atoms with Gasteiger partial charge < -0.3 is 15.1 Å². The van der Waals surface area contributed by atoms with Gasteiger partial charge in [0.1, 0.15) is 10.6 Å². The summed E-state index contributed by atoms with van der Waals surface area (Å²) in [5, 5.41) is 7.29. The lowest BCUT2D eigenvalue weighted by Crippen LogP contribution is -2.46. The molecule has 2 aromatic rings. The highest BCUT2D eigenvalue weighted by Gasteiger charge is 2.23. The van der Waals surface area contributed by atoms with E-state index in [0.717, 1.165) is 41.6 Å². The van der Waals surface area contributed by atoms with E-state index in [2.05, 4.69) is 22.5 Å². The Hall–Kier alpha value is -1.66. The van der Waals surface area contributed by atoms with Crippen molar-refractivity contribution in [3.05, 3.63) is 28.5 Å². The summed E-state index contributed by atoms with van der Waals surface area (Å²) in [7, 11) is 0. The highest BCUT2D eigenvalue weighted by Crippen LogP contribution is 2.29. The molecule has 22 heavy (non-hydrogen) atoms. The Balaban J connectivity index is 1.74. The van der Waals surface area contributed by atoms with Crippen LogP contribution in [0.5, 0.6) is 0 Å². The molecule has 0 radical (unpaired) electrons. The number of aryl methyl sites for hydroxylation is 2. The molecule has 0 aromatic carbocycles. The van der Waals surface area contributed by atoms with E-state index in [1.54, 1.807) is 0 Å². The van der Waals surface area contributed by atoms with Gasteiger partial charge in [0, 0.05) is 12.1 Å². The van der Waals surface area contributed by atoms with Crippen molar-refractivity contribution >= 4 is 17.2 Å². The Morgan fingerprint density at radius 3 is 2.95 bits per heavy atom. The average Bonchev–Trinajstić information content (AvgIpc) is 3.05. The van der Waals surface area contributed by atoms with Gasteiger partial charge in [-0.25, -0.2) is 4.98 Å². The summed E-state index contributed by atoms with van der Waals surface area (Å²) in [6, 6.07) is 4.48. The van der Waals surface area contributed by atoms with E-state index in [1.165, 1.54) is 11.3 Å². The third-order valence-corrected chi connectivity index (χ3v) is 5.08. The number of aromatic nitrogens is 1. The molecular formula is C16H21N3O2S. The molecule has 1 fully saturated rings. The van der Waals surface area contributed by atoms with Crippen molar-refractivity contribution in [1.29, 1.82) is 0 Å². The monoisotopic (exact) mass is 319 g/mol. The van der Waals surface area contributed by atoms with Gasteiger partial charge in [-0.05, 0) is 52.3 Å². The fourth-order valence-corrected chi connectivity index (χ4v) is 3.71. The van der Waals surface area contributed by atoms with Crippen molar-refractivity contribution in [3.63, 3.8) is 0 Å². The van der Waals surface area contributed by atoms with Crippen LogP contribution in [0.25, 0.3) is 10.8 Å². The van der Waals surface area contributed by atoms with Gasteiger partial charge in [0.25, 0.3) is 5.91 Å². The maximum atomic E-state index is 12.5. The Bertz CT molecular complexity index is 677. The van der Waals surface area contributed by atoms with E-state index >= 15 is 0 Å². The summed E-state index contributed by atoms with van der Waals surface area (Å²) < 4.78 is 5.59. The summed E-state index contributed by atoms with van der Waals surface area (Å²) >= 11 is 1.39. The van der Waals surface area contributed by atoms with Gasteiger partial charge in [-0.1, -0.05) is 0 Å². The van der Waals surface area contributed by atoms with Gasteiger partial charge in [-0.3, -0.25) is 4.79 Å². The van der Waals surface area contributed by atoms with Crippen LogP contribution in [0.15, 0.2) is 16.5 Å². The van der Waals surface area contributed by atoms with E-state index in [4.69, 9.17) is 4.42 Å². The summed E-state index contributed by atoms with van der Waals surface area (Å²) in [6.07, 6.45) is 1.94. The molecule has 0 aliphatic carbocycles. The predicted octanol–water partition coefficient (Wildman–Crippen LogP) is 2.89. The minimum Gasteiger partial charge on any atom is -0.459 e. The number of hydrogen-bond acceptors (Lipinski definition) is 5. The van der Waals surface area contributed by atoms with Gasteiger partial charge in [-0.15, -0.1) is 11.3 Å². The number of hydrogen-bond donors (Lipinski definition) is 2. The number of nitrogens with zero attached hydrogens (tertiary/aromatic N) is 1. The quantitative estimate of drug-likeness (QED) is 0.913. The maximum Gasteiger partial charge on any atom is 0.263 e. The average molecular weight is 319 g/mol. The molecule has 0 saturated carbocycles. The lowest BCUT2D eigenvalue weighted by molar-refractivity contribution is 0.0929. The van der Waals surface area contributed by atoms with E-state index in [9.17, 15) is 4.79 Å². The molecule has 1 saturated heterocycles. The first kappa shape index (κ1) is 15.2. The van der Waals surface area contributed by atoms with Crippen LogP contribution in [0.2, 0.25) is 0 Å². The minimum absolute atomic E-state index is 0.0244. The normalized spacial score (nSPS) is 21.8. The van der Waals surface area contributed by atoms with Crippen molar-refractivity contribution in [2.45, 2.75) is 45.7 Å². The number of piperidine rings is 1. The van der Waals surface area contributed by atoms with E-state index in [0.29, 0.717) is 10.9 Å². The zero-order chi connectivity index (χ0) is 15.7. The Morgan fingerprint density at radius 2 is 2.27 bits per heavy atom. The molecule has 3 rings (SSSR count). The molecule has 118 valence electrons. The third kappa shape index (κ3) is 3.23. The van der Waals surface area contributed by atoms with E-state index in [1.807, 2.05) is 26.0 Å². The molecule has 1 aliphatic heterocycles. The standard InChI is InChI=1S/C16H21N3O2S/c1-9-8-12(6-7-17-9)19-15(20)14-11(3)18-16(22-14)13-5-4-10(2)21-13/h4-5,9,12,17H,6-8H2,1-3H3,(H,19,20). The van der Waals surface area contributed by atoms with E-state index in [-0.39, 0.29) is 11.9 Å². The number of carbonyl (C=O) groups is 1. The number of carbonyl (C=O) groups excluding carboxylic acids is 1. The fourth-order valence-electron chi connectivity index (χ4n) is 2.78. The lowest BCUT2D eigenvalue weighted by atomic mass is 10.0. The Labute approximate surface area is 134 Å². The van der Waals surface area contributed by atoms with Crippen molar-refractivity contribution < 1.29 is 9.21 Å². The highest BCUT2D eigenvalue weighted by molar-refractivity contribution is 7.17. The number of thiazole rings is 1. The fraction of sp³-hybridized carbons (Fsp3) is 0.500. The molecule has 5 nitrogen and oxygen atoms in total. The number of amides is 1. The molecule has 2 N–H and O–H groups in total. The second-order valence-electron chi connectivity index (χ2n) is 5.89. The molecule has 6 heteroatoms. The summed E-state index contributed by atoms with van der Waals surface area (Å²) in [4.78, 5) is 17.6. The summed E-state index contributed by atoms with van der Waals surface area (Å²) in [5.41, 5.74) is 0.758. The molecular weight excluding hydrogens is 298 g/mol. The highest BCUT2D eigenvalue weighted by atomic mass is 32.1. The first-order valence-corrected chi connectivity index (χ1v) is 8.43. The van der Waals surface area contributed by atoms with Crippen LogP contribution in [-0.2, 0) is 0 Å². The first-order chi connectivity index (χ1) is 10.5. The van der Waals surface area contributed by atoms with Gasteiger partial charge in [0.15, 0.2) is 10.8 Å². The third-order valence-electron chi connectivity index (χ3n) is 3.91. The topological polar surface area (TPSA) is 67.2 Å². The minimum atomic E-state index is -0.0244. The number of furan rings is 1. The second kappa shape index (κ2) is 6.22. The summed E-state index contributed by atoms with van der Waals surface area (Å²) in [5.74, 6) is 1.54. The van der Waals surface area contributed by atoms with Gasteiger partial charge >= 0.3 is 0 Å². The van der Waals surface area contributed by atoms with Crippen LogP contribution in [0.4, 0.5) is 0 Å². The number of nitrogens with one attached hydrogen (secondary N) is 2. The van der Waals surface area contributed by atoms with Gasteiger partial charge in [0.05, 0.1) is 5.69 Å². The molecule has 0 bridgehead atoms. The van der Waals surface area contributed by atoms with Crippen molar-refractivity contribution in [2.75, 3.05) is 6.54 Å². The lowest BCUT2D eigenvalue weighted by Gasteiger charge is -2.28. The van der Waals surface area contributed by atoms with Crippen LogP contribution in [0, 0.1) is 13.8 Å². The largest absolute Gasteiger partial charge is 0.459 e. The predicted molar refractivity (Wildman–Crippen MR) is 87.2 cm³/mol. The van der Waals surface area contributed by atoms with Gasteiger partial charge in [-0.2, -0.15) is 0 Å². The van der Waals surface area contributed by atoms with Crippen LogP contribution in [0.1, 0.15) is 40.9 Å².